The van der Waals surface area contributed by atoms with E-state index in [0.717, 1.165) is 0 Å². The summed E-state index contributed by atoms with van der Waals surface area (Å²) >= 11 is 1.54. The van der Waals surface area contributed by atoms with Crippen molar-refractivity contribution in [3.05, 3.63) is 30.3 Å². The third-order valence-electron chi connectivity index (χ3n) is 0.743. The first-order valence-electron chi connectivity index (χ1n) is 2.11. The Morgan fingerprint density at radius 3 is 1.86 bits per heavy atom. The van der Waals surface area contributed by atoms with Crippen LogP contribution in [0.4, 0.5) is 0 Å². The van der Waals surface area contributed by atoms with Crippen molar-refractivity contribution in [2.45, 2.75) is 0 Å². The molecule has 0 bridgehead atoms. The van der Waals surface area contributed by atoms with Gasteiger partial charge in [0.2, 0.25) is 0 Å². The van der Waals surface area contributed by atoms with Crippen molar-refractivity contribution in [2.24, 2.45) is 0 Å². The molecule has 1 heteroatoms. The van der Waals surface area contributed by atoms with Crippen molar-refractivity contribution >= 4 is 28.3 Å². The van der Waals surface area contributed by atoms with Gasteiger partial charge in [0.1, 0.15) is 0 Å². The van der Waals surface area contributed by atoms with Gasteiger partial charge < -0.3 is 0 Å². The number of hydrogen-bond acceptors (Lipinski definition) is 0. The second-order valence-electron chi connectivity index (χ2n) is 1.31. The van der Waals surface area contributed by atoms with Crippen LogP contribution < -0.4 is 3.22 Å². The second kappa shape index (κ2) is 2.43. The van der Waals surface area contributed by atoms with E-state index < -0.39 is 0 Å². The molecule has 0 heterocycles. The summed E-state index contributed by atoms with van der Waals surface area (Å²) in [5.41, 5.74) is 0. The fraction of sp³-hybridized carbons (Fsp3) is 0. The summed E-state index contributed by atoms with van der Waals surface area (Å²) in [5, 5.41) is 0. The van der Waals surface area contributed by atoms with E-state index in [0.29, 0.717) is 0 Å². The summed E-state index contributed by atoms with van der Waals surface area (Å²) in [7, 11) is 0. The van der Waals surface area contributed by atoms with Crippen LogP contribution in [0.5, 0.6) is 0 Å². The summed E-state index contributed by atoms with van der Waals surface area (Å²) in [4.78, 5) is 0. The van der Waals surface area contributed by atoms with Crippen LogP contribution in [0.15, 0.2) is 30.3 Å². The Kier molecular flexibility index (Phi) is 1.83. The first kappa shape index (κ1) is 5.26. The Labute approximate surface area is 58.7 Å². The second-order valence-corrected chi connectivity index (χ2v) is 3.15. The van der Waals surface area contributed by atoms with Crippen LogP contribution in [-0.2, 0) is 0 Å². The van der Waals surface area contributed by atoms with Crippen molar-refractivity contribution < 1.29 is 0 Å². The topological polar surface area (TPSA) is 0 Å². The molecule has 7 heavy (non-hydrogen) atoms. The molecule has 0 nitrogen and oxygen atoms in total. The van der Waals surface area contributed by atoms with Gasteiger partial charge in [-0.15, -0.1) is 0 Å². The molecule has 0 saturated heterocycles. The van der Waals surface area contributed by atoms with Crippen LogP contribution >= 0.6 is 0 Å². The van der Waals surface area contributed by atoms with Crippen LogP contribution in [0.1, 0.15) is 0 Å². The maximum atomic E-state index is 2.12. The first-order valence-corrected chi connectivity index (χ1v) is 3.70. The molecule has 0 saturated carbocycles. The van der Waals surface area contributed by atoms with Crippen LogP contribution in [0.2, 0.25) is 0 Å². The van der Waals surface area contributed by atoms with Gasteiger partial charge in [0.05, 0.1) is 0 Å². The fourth-order valence-corrected chi connectivity index (χ4v) is 1.03. The van der Waals surface area contributed by atoms with Crippen molar-refractivity contribution in [1.82, 2.24) is 0 Å². The number of benzene rings is 1. The fourth-order valence-electron chi connectivity index (χ4n) is 0.420. The van der Waals surface area contributed by atoms with Crippen LogP contribution in [0.3, 0.4) is 0 Å². The third-order valence-corrected chi connectivity index (χ3v) is 1.80. The predicted octanol–water partition coefficient (Wildman–Crippen LogP) is 0.480. The van der Waals surface area contributed by atoms with Gasteiger partial charge >= 0.3 is 58.6 Å². The molecular formula is C6H5Po. The molecule has 1 rings (SSSR count). The molecular weight excluding hydrogens is 281 g/mol. The Morgan fingerprint density at radius 2 is 1.57 bits per heavy atom. The van der Waals surface area contributed by atoms with Gasteiger partial charge in [-0.05, 0) is 0 Å². The van der Waals surface area contributed by atoms with Crippen molar-refractivity contribution in [3.63, 3.8) is 0 Å². The Balaban J connectivity index is 3.02. The molecule has 1 radical (unpaired) electrons. The van der Waals surface area contributed by atoms with E-state index in [4.69, 9.17) is 0 Å². The van der Waals surface area contributed by atoms with Gasteiger partial charge in [0.15, 0.2) is 0 Å². The van der Waals surface area contributed by atoms with E-state index in [-0.39, 0.29) is 0 Å². The molecule has 0 unspecified atom stereocenters. The van der Waals surface area contributed by atoms with Gasteiger partial charge in [0.25, 0.3) is 0 Å². The van der Waals surface area contributed by atoms with E-state index in [1.807, 2.05) is 6.07 Å². The van der Waals surface area contributed by atoms with E-state index >= 15 is 0 Å². The molecule has 0 aliphatic carbocycles. The molecule has 0 aliphatic rings. The maximum absolute atomic E-state index is 2.12. The minimum absolute atomic E-state index is 1.41. The van der Waals surface area contributed by atoms with Crippen LogP contribution in [0, 0.1) is 0 Å². The molecule has 0 N–H and O–H groups in total. The summed E-state index contributed by atoms with van der Waals surface area (Å²) in [5.74, 6) is 0. The van der Waals surface area contributed by atoms with E-state index in [1.54, 1.807) is 0 Å². The number of hydrogen-bond donors (Lipinski definition) is 0. The monoisotopic (exact) mass is 286 g/mol. The van der Waals surface area contributed by atoms with Crippen LogP contribution in [-0.4, -0.2) is 25.1 Å². The summed E-state index contributed by atoms with van der Waals surface area (Å²) in [6.45, 7) is 0. The molecule has 35 valence electrons. The van der Waals surface area contributed by atoms with Gasteiger partial charge in [-0.25, -0.2) is 0 Å². The molecule has 0 spiro atoms. The molecule has 1 aromatic carbocycles. The zero-order chi connectivity index (χ0) is 5.11. The Hall–Kier alpha value is 0.116. The predicted molar refractivity (Wildman–Crippen MR) is 31.8 cm³/mol. The zero-order valence-electron chi connectivity index (χ0n) is 3.79. The Bertz CT molecular complexity index is 134. The van der Waals surface area contributed by atoms with E-state index in [1.165, 1.54) is 28.3 Å². The first-order chi connectivity index (χ1) is 3.39. The summed E-state index contributed by atoms with van der Waals surface area (Å²) in [6, 6.07) is 10.4. The standard InChI is InChI=1S/C6H5.Po/c1-2-4-6-5-3-1;/h1-5H;. The van der Waals surface area contributed by atoms with Gasteiger partial charge in [-0.1, -0.05) is 0 Å². The van der Waals surface area contributed by atoms with Crippen LogP contribution in [0.25, 0.3) is 0 Å². The minimum atomic E-state index is 1.41. The van der Waals surface area contributed by atoms with Crippen molar-refractivity contribution in [1.29, 1.82) is 0 Å². The SMILES string of the molecule is [Po][c]1ccccc1. The molecule has 0 amide bonds. The van der Waals surface area contributed by atoms with Gasteiger partial charge in [-0.2, -0.15) is 0 Å². The molecule has 0 fully saturated rings. The molecule has 0 atom stereocenters. The van der Waals surface area contributed by atoms with Gasteiger partial charge in [-0.3, -0.25) is 0 Å². The quantitative estimate of drug-likeness (QED) is 0.651. The van der Waals surface area contributed by atoms with E-state index in [9.17, 15) is 0 Å². The van der Waals surface area contributed by atoms with Crippen molar-refractivity contribution in [2.75, 3.05) is 0 Å². The third kappa shape index (κ3) is 1.57. The number of rotatable bonds is 0. The molecule has 0 aromatic heterocycles. The van der Waals surface area contributed by atoms with Gasteiger partial charge in [0, 0.05) is 0 Å². The average molecular weight is 286 g/mol. The zero-order valence-corrected chi connectivity index (χ0v) is 6.97. The van der Waals surface area contributed by atoms with E-state index in [2.05, 4.69) is 24.3 Å². The normalized spacial score (nSPS) is 8.57. The summed E-state index contributed by atoms with van der Waals surface area (Å²) < 4.78 is 1.41. The Morgan fingerprint density at radius 1 is 1.00 bits per heavy atom. The summed E-state index contributed by atoms with van der Waals surface area (Å²) in [6.07, 6.45) is 0. The molecule has 1 aromatic rings. The van der Waals surface area contributed by atoms with Crippen molar-refractivity contribution in [3.8, 4) is 0 Å². The average Bonchev–Trinajstić information content (AvgIpc) is 1.69. The molecule has 0 aliphatic heterocycles.